The normalized spacial score (nSPS) is 17.6. The molecule has 0 bridgehead atoms. The van der Waals surface area contributed by atoms with Crippen molar-refractivity contribution in [3.05, 3.63) is 59.2 Å². The molecule has 7 heteroatoms. The second kappa shape index (κ2) is 8.81. The Kier molecular flexibility index (Phi) is 6.22. The zero-order chi connectivity index (χ0) is 20.1. The highest BCUT2D eigenvalue weighted by Crippen LogP contribution is 2.33. The number of methoxy groups -OCH3 is 1. The topological polar surface area (TPSA) is 86.5 Å². The largest absolute Gasteiger partial charge is 0.496 e. The predicted molar refractivity (Wildman–Crippen MR) is 99.9 cm³/mol. The monoisotopic (exact) mass is 383 g/mol. The van der Waals surface area contributed by atoms with Gasteiger partial charge in [0.1, 0.15) is 23.7 Å². The molecule has 1 aliphatic rings. The molecule has 1 aromatic carbocycles. The summed E-state index contributed by atoms with van der Waals surface area (Å²) in [7, 11) is 1.52. The molecule has 1 aliphatic heterocycles. The first-order valence-corrected chi connectivity index (χ1v) is 9.19. The third-order valence-electron chi connectivity index (χ3n) is 5.09. The third-order valence-corrected chi connectivity index (χ3v) is 5.09. The maximum Gasteiger partial charge on any atom is 0.227 e. The lowest BCUT2D eigenvalue weighted by Crippen LogP contribution is -2.47. The summed E-state index contributed by atoms with van der Waals surface area (Å²) in [6.45, 7) is 0.530. The number of halogens is 1. The Balaban J connectivity index is 1.80. The van der Waals surface area contributed by atoms with Crippen LogP contribution in [0.2, 0.25) is 0 Å². The van der Waals surface area contributed by atoms with Crippen LogP contribution in [0.25, 0.3) is 0 Å². The maximum atomic E-state index is 13.8. The predicted octanol–water partition coefficient (Wildman–Crippen LogP) is 2.76. The molecule has 1 aromatic heterocycles. The average Bonchev–Trinajstić information content (AvgIpc) is 2.73. The summed E-state index contributed by atoms with van der Waals surface area (Å²) in [4.78, 5) is 18.6. The van der Waals surface area contributed by atoms with Gasteiger partial charge in [0.25, 0.3) is 0 Å². The van der Waals surface area contributed by atoms with Gasteiger partial charge in [-0.1, -0.05) is 6.07 Å². The SMILES string of the molecule is COc1ccncc1C(O)C1CCCCN1C(=O)Cc1ccc(C#N)c(F)c1. The number of hydrogen-bond donors (Lipinski definition) is 1. The van der Waals surface area contributed by atoms with Crippen LogP contribution < -0.4 is 4.74 Å². The van der Waals surface area contributed by atoms with E-state index >= 15 is 0 Å². The molecule has 3 rings (SSSR count). The fourth-order valence-electron chi connectivity index (χ4n) is 3.64. The lowest BCUT2D eigenvalue weighted by molar-refractivity contribution is -0.137. The number of aliphatic hydroxyl groups is 1. The first-order valence-electron chi connectivity index (χ1n) is 9.19. The molecule has 28 heavy (non-hydrogen) atoms. The fraction of sp³-hybridized carbons (Fsp3) is 0.381. The molecule has 6 nitrogen and oxygen atoms in total. The minimum atomic E-state index is -0.925. The van der Waals surface area contributed by atoms with Gasteiger partial charge >= 0.3 is 0 Å². The number of rotatable bonds is 5. The Labute approximate surface area is 163 Å². The van der Waals surface area contributed by atoms with Crippen molar-refractivity contribution in [2.45, 2.75) is 37.8 Å². The van der Waals surface area contributed by atoms with Gasteiger partial charge in [0.05, 0.1) is 25.1 Å². The molecule has 1 saturated heterocycles. The highest BCUT2D eigenvalue weighted by molar-refractivity contribution is 5.79. The van der Waals surface area contributed by atoms with Crippen molar-refractivity contribution < 1.29 is 19.0 Å². The highest BCUT2D eigenvalue weighted by atomic mass is 19.1. The minimum Gasteiger partial charge on any atom is -0.496 e. The number of aliphatic hydroxyl groups excluding tert-OH is 1. The van der Waals surface area contributed by atoms with Crippen LogP contribution in [0.1, 0.15) is 42.1 Å². The lowest BCUT2D eigenvalue weighted by atomic mass is 9.92. The minimum absolute atomic E-state index is 0.00994. The summed E-state index contributed by atoms with van der Waals surface area (Å²) >= 11 is 0. The number of likely N-dealkylation sites (tertiary alicyclic amines) is 1. The average molecular weight is 383 g/mol. The van der Waals surface area contributed by atoms with E-state index in [1.54, 1.807) is 35.5 Å². The number of nitrogens with zero attached hydrogens (tertiary/aromatic N) is 3. The van der Waals surface area contributed by atoms with Gasteiger partial charge in [-0.15, -0.1) is 0 Å². The fourth-order valence-corrected chi connectivity index (χ4v) is 3.64. The molecule has 1 amide bonds. The van der Waals surface area contributed by atoms with Crippen LogP contribution in [0.4, 0.5) is 4.39 Å². The maximum absolute atomic E-state index is 13.8. The number of nitriles is 1. The molecule has 0 radical (unpaired) electrons. The summed E-state index contributed by atoms with van der Waals surface area (Å²) in [5.41, 5.74) is 0.990. The first-order chi connectivity index (χ1) is 13.5. The number of amides is 1. The van der Waals surface area contributed by atoms with E-state index in [0.29, 0.717) is 29.8 Å². The van der Waals surface area contributed by atoms with E-state index in [4.69, 9.17) is 10.00 Å². The molecule has 2 unspecified atom stereocenters. The summed E-state index contributed by atoms with van der Waals surface area (Å²) in [6, 6.07) is 7.22. The van der Waals surface area contributed by atoms with E-state index in [1.165, 1.54) is 19.2 Å². The van der Waals surface area contributed by atoms with Gasteiger partial charge in [0, 0.05) is 24.5 Å². The number of carbonyl (C=O) groups excluding carboxylic acids is 1. The van der Waals surface area contributed by atoms with Gasteiger partial charge in [-0.3, -0.25) is 9.78 Å². The third kappa shape index (κ3) is 4.12. The van der Waals surface area contributed by atoms with Crippen LogP contribution in [0, 0.1) is 17.1 Å². The molecule has 1 N–H and O–H groups in total. The van der Waals surface area contributed by atoms with Crippen LogP contribution in [0.15, 0.2) is 36.7 Å². The molecular formula is C21H22FN3O3. The second-order valence-electron chi connectivity index (χ2n) is 6.82. The van der Waals surface area contributed by atoms with Crippen LogP contribution >= 0.6 is 0 Å². The van der Waals surface area contributed by atoms with Gasteiger partial charge in [0.15, 0.2) is 0 Å². The number of carbonyl (C=O) groups is 1. The van der Waals surface area contributed by atoms with Crippen molar-refractivity contribution in [3.8, 4) is 11.8 Å². The summed E-state index contributed by atoms with van der Waals surface area (Å²) < 4.78 is 19.2. The lowest BCUT2D eigenvalue weighted by Gasteiger charge is -2.39. The van der Waals surface area contributed by atoms with E-state index in [1.807, 2.05) is 0 Å². The second-order valence-corrected chi connectivity index (χ2v) is 6.82. The van der Waals surface area contributed by atoms with Crippen molar-refractivity contribution in [1.29, 1.82) is 5.26 Å². The van der Waals surface area contributed by atoms with E-state index in [0.717, 1.165) is 12.8 Å². The summed E-state index contributed by atoms with van der Waals surface area (Å²) in [5.74, 6) is -0.298. The van der Waals surface area contributed by atoms with Crippen molar-refractivity contribution in [2.75, 3.05) is 13.7 Å². The van der Waals surface area contributed by atoms with E-state index < -0.39 is 18.0 Å². The number of piperidine rings is 1. The molecule has 146 valence electrons. The molecule has 0 aliphatic carbocycles. The number of ether oxygens (including phenoxy) is 1. The molecule has 2 heterocycles. The standard InChI is InChI=1S/C21H22FN3O3/c1-28-19-7-8-24-13-16(19)21(27)18-4-2-3-9-25(18)20(26)11-14-5-6-15(12-23)17(22)10-14/h5-8,10,13,18,21,27H,2-4,9,11H2,1H3. The number of aromatic nitrogens is 1. The summed E-state index contributed by atoms with van der Waals surface area (Å²) in [6.07, 6.45) is 4.63. The van der Waals surface area contributed by atoms with Gasteiger partial charge in [0.2, 0.25) is 5.91 Å². The Hall–Kier alpha value is -2.98. The molecule has 2 atom stereocenters. The molecule has 2 aromatic rings. The zero-order valence-corrected chi connectivity index (χ0v) is 15.6. The smallest absolute Gasteiger partial charge is 0.227 e. The van der Waals surface area contributed by atoms with Crippen molar-refractivity contribution >= 4 is 5.91 Å². The van der Waals surface area contributed by atoms with E-state index in [9.17, 15) is 14.3 Å². The Bertz CT molecular complexity index is 897. The van der Waals surface area contributed by atoms with Gasteiger partial charge < -0.3 is 14.7 Å². The molecule has 0 spiro atoms. The molecule has 1 fully saturated rings. The molecular weight excluding hydrogens is 361 g/mol. The van der Waals surface area contributed by atoms with Gasteiger partial charge in [-0.2, -0.15) is 5.26 Å². The highest BCUT2D eigenvalue weighted by Gasteiger charge is 2.34. The quantitative estimate of drug-likeness (QED) is 0.858. The number of benzene rings is 1. The van der Waals surface area contributed by atoms with E-state index in [-0.39, 0.29) is 17.9 Å². The van der Waals surface area contributed by atoms with Crippen molar-refractivity contribution in [2.24, 2.45) is 0 Å². The zero-order valence-electron chi connectivity index (χ0n) is 15.6. The van der Waals surface area contributed by atoms with Crippen LogP contribution in [0.5, 0.6) is 5.75 Å². The van der Waals surface area contributed by atoms with Crippen LogP contribution in [0.3, 0.4) is 0 Å². The Morgan fingerprint density at radius 2 is 2.29 bits per heavy atom. The van der Waals surface area contributed by atoms with Crippen LogP contribution in [-0.2, 0) is 11.2 Å². The number of hydrogen-bond acceptors (Lipinski definition) is 5. The number of pyridine rings is 1. The molecule has 0 saturated carbocycles. The van der Waals surface area contributed by atoms with Crippen LogP contribution in [-0.4, -0.2) is 40.6 Å². The van der Waals surface area contributed by atoms with Crippen molar-refractivity contribution in [1.82, 2.24) is 9.88 Å². The van der Waals surface area contributed by atoms with E-state index in [2.05, 4.69) is 4.98 Å². The van der Waals surface area contributed by atoms with Crippen molar-refractivity contribution in [3.63, 3.8) is 0 Å². The first kappa shape index (κ1) is 19.8. The Morgan fingerprint density at radius 1 is 1.46 bits per heavy atom. The summed E-state index contributed by atoms with van der Waals surface area (Å²) in [5, 5.41) is 19.8. The van der Waals surface area contributed by atoms with Gasteiger partial charge in [-0.05, 0) is 43.0 Å². The van der Waals surface area contributed by atoms with Gasteiger partial charge in [-0.25, -0.2) is 4.39 Å². The Morgan fingerprint density at radius 3 is 3.00 bits per heavy atom.